The molecule has 78 valence electrons. The molecule has 0 aliphatic heterocycles. The van der Waals surface area contributed by atoms with Gasteiger partial charge >= 0.3 is 11.7 Å². The topological polar surface area (TPSA) is 50.9 Å². The standard InChI is InChI=1S/C10H15NO3/c1-7(2)5-6-14-10(13)9(11-4)8(3)12/h7,12H,5-6H2,1-3H3/b9-8+. The zero-order valence-electron chi connectivity index (χ0n) is 8.70. The highest BCUT2D eigenvalue weighted by Gasteiger charge is 2.14. The van der Waals surface area contributed by atoms with Crippen LogP contribution in [-0.4, -0.2) is 17.7 Å². The smallest absolute Gasteiger partial charge is 0.339 e. The average molecular weight is 197 g/mol. The number of hydrogen-bond donors (Lipinski definition) is 1. The first-order valence-electron chi connectivity index (χ1n) is 4.43. The number of allylic oxidation sites excluding steroid dienone is 1. The minimum absolute atomic E-state index is 0.281. The van der Waals surface area contributed by atoms with Gasteiger partial charge in [0.2, 0.25) is 0 Å². The van der Waals surface area contributed by atoms with Crippen molar-refractivity contribution in [2.75, 3.05) is 6.61 Å². The number of nitrogens with zero attached hydrogens (tertiary/aromatic N) is 1. The molecule has 0 spiro atoms. The van der Waals surface area contributed by atoms with Crippen molar-refractivity contribution in [1.82, 2.24) is 0 Å². The molecule has 0 aliphatic rings. The summed E-state index contributed by atoms with van der Waals surface area (Å²) in [7, 11) is 0. The second-order valence-electron chi connectivity index (χ2n) is 3.36. The third kappa shape index (κ3) is 4.51. The molecule has 0 bridgehead atoms. The van der Waals surface area contributed by atoms with Gasteiger partial charge in [-0.1, -0.05) is 13.8 Å². The quantitative estimate of drug-likeness (QED) is 0.325. The molecule has 1 N–H and O–H groups in total. The van der Waals surface area contributed by atoms with Crippen LogP contribution in [0, 0.1) is 12.5 Å². The van der Waals surface area contributed by atoms with E-state index in [0.29, 0.717) is 5.92 Å². The van der Waals surface area contributed by atoms with Crippen LogP contribution >= 0.6 is 0 Å². The van der Waals surface area contributed by atoms with Crippen molar-refractivity contribution < 1.29 is 14.6 Å². The van der Waals surface area contributed by atoms with E-state index in [1.165, 1.54) is 6.92 Å². The Kier molecular flexibility index (Phi) is 5.38. The highest BCUT2D eigenvalue weighted by atomic mass is 16.5. The van der Waals surface area contributed by atoms with Crippen molar-refractivity contribution in [1.29, 1.82) is 0 Å². The first-order valence-corrected chi connectivity index (χ1v) is 4.43. The fourth-order valence-corrected chi connectivity index (χ4v) is 0.730. The van der Waals surface area contributed by atoms with Gasteiger partial charge in [0, 0.05) is 0 Å². The predicted molar refractivity (Wildman–Crippen MR) is 52.3 cm³/mol. The lowest BCUT2D eigenvalue weighted by Crippen LogP contribution is -2.09. The first-order chi connectivity index (χ1) is 6.49. The number of hydrogen-bond acceptors (Lipinski definition) is 3. The van der Waals surface area contributed by atoms with E-state index in [0.717, 1.165) is 6.42 Å². The summed E-state index contributed by atoms with van der Waals surface area (Å²) in [4.78, 5) is 14.0. The number of carbonyl (C=O) groups excluding carboxylic acids is 1. The fraction of sp³-hybridized carbons (Fsp3) is 0.600. The zero-order valence-corrected chi connectivity index (χ0v) is 8.70. The molecule has 0 radical (unpaired) electrons. The summed E-state index contributed by atoms with van der Waals surface area (Å²) in [5.41, 5.74) is -0.339. The van der Waals surface area contributed by atoms with E-state index in [-0.39, 0.29) is 18.1 Å². The molecule has 0 saturated carbocycles. The van der Waals surface area contributed by atoms with E-state index in [1.807, 2.05) is 13.8 Å². The van der Waals surface area contributed by atoms with Gasteiger partial charge in [-0.3, -0.25) is 4.79 Å². The first kappa shape index (κ1) is 12.5. The van der Waals surface area contributed by atoms with Crippen molar-refractivity contribution >= 4 is 5.97 Å². The molecular formula is C10H15NO3. The molecule has 4 heteroatoms. The van der Waals surface area contributed by atoms with E-state index < -0.39 is 5.97 Å². The van der Waals surface area contributed by atoms with Gasteiger partial charge in [-0.25, -0.2) is 4.85 Å². The van der Waals surface area contributed by atoms with Crippen molar-refractivity contribution in [3.05, 3.63) is 22.9 Å². The Morgan fingerprint density at radius 1 is 1.57 bits per heavy atom. The largest absolute Gasteiger partial charge is 0.523 e. The molecule has 14 heavy (non-hydrogen) atoms. The monoisotopic (exact) mass is 197 g/mol. The van der Waals surface area contributed by atoms with Gasteiger partial charge < -0.3 is 9.84 Å². The van der Waals surface area contributed by atoms with Crippen molar-refractivity contribution in [3.8, 4) is 0 Å². The van der Waals surface area contributed by atoms with Crippen molar-refractivity contribution in [2.45, 2.75) is 27.2 Å². The Hall–Kier alpha value is -1.50. The Morgan fingerprint density at radius 2 is 2.14 bits per heavy atom. The molecular weight excluding hydrogens is 182 g/mol. The van der Waals surface area contributed by atoms with Gasteiger partial charge in [0.05, 0.1) is 13.2 Å². The van der Waals surface area contributed by atoms with Gasteiger partial charge in [0.1, 0.15) is 5.76 Å². The van der Waals surface area contributed by atoms with Gasteiger partial charge in [0.15, 0.2) is 0 Å². The number of rotatable bonds is 4. The number of aliphatic hydroxyl groups is 1. The van der Waals surface area contributed by atoms with Crippen LogP contribution in [0.25, 0.3) is 4.85 Å². The molecule has 0 amide bonds. The molecule has 0 aliphatic carbocycles. The number of ether oxygens (including phenoxy) is 1. The summed E-state index contributed by atoms with van der Waals surface area (Å²) in [5, 5.41) is 8.96. The molecule has 0 saturated heterocycles. The Morgan fingerprint density at radius 3 is 2.50 bits per heavy atom. The van der Waals surface area contributed by atoms with E-state index >= 15 is 0 Å². The summed E-state index contributed by atoms with van der Waals surface area (Å²) in [5.74, 6) is -0.603. The van der Waals surface area contributed by atoms with Gasteiger partial charge in [-0.05, 0) is 19.3 Å². The second-order valence-corrected chi connectivity index (χ2v) is 3.36. The third-order valence-electron chi connectivity index (χ3n) is 1.58. The molecule has 0 fully saturated rings. The lowest BCUT2D eigenvalue weighted by molar-refractivity contribution is -0.139. The predicted octanol–water partition coefficient (Wildman–Crippen LogP) is 2.28. The highest BCUT2D eigenvalue weighted by molar-refractivity contribution is 5.90. The van der Waals surface area contributed by atoms with Crippen LogP contribution in [0.15, 0.2) is 11.5 Å². The number of aliphatic hydroxyl groups excluding tert-OH is 1. The number of esters is 1. The summed E-state index contributed by atoms with van der Waals surface area (Å²) >= 11 is 0. The summed E-state index contributed by atoms with van der Waals surface area (Å²) < 4.78 is 4.80. The van der Waals surface area contributed by atoms with E-state index in [1.54, 1.807) is 0 Å². The van der Waals surface area contributed by atoms with E-state index in [9.17, 15) is 4.79 Å². The van der Waals surface area contributed by atoms with Crippen molar-refractivity contribution in [3.63, 3.8) is 0 Å². The molecule has 0 unspecified atom stereocenters. The Bertz CT molecular complexity index is 270. The third-order valence-corrected chi connectivity index (χ3v) is 1.58. The molecule has 0 aromatic heterocycles. The van der Waals surface area contributed by atoms with Gasteiger partial charge in [0.25, 0.3) is 0 Å². The average Bonchev–Trinajstić information content (AvgIpc) is 2.03. The maximum atomic E-state index is 11.1. The molecule has 0 atom stereocenters. The number of carbonyl (C=O) groups is 1. The van der Waals surface area contributed by atoms with E-state index in [2.05, 4.69) is 4.85 Å². The Balaban J connectivity index is 4.11. The minimum Gasteiger partial charge on any atom is -0.523 e. The molecule has 0 aromatic rings. The summed E-state index contributed by atoms with van der Waals surface area (Å²) in [6.45, 7) is 12.2. The van der Waals surface area contributed by atoms with Crippen LogP contribution in [0.4, 0.5) is 0 Å². The molecule has 0 aromatic carbocycles. The zero-order chi connectivity index (χ0) is 11.1. The minimum atomic E-state index is -0.749. The maximum Gasteiger partial charge on any atom is 0.339 e. The van der Waals surface area contributed by atoms with Crippen LogP contribution in [0.2, 0.25) is 0 Å². The van der Waals surface area contributed by atoms with Gasteiger partial charge in [-0.2, -0.15) is 0 Å². The highest BCUT2D eigenvalue weighted by Crippen LogP contribution is 2.07. The summed E-state index contributed by atoms with van der Waals surface area (Å²) in [6.07, 6.45) is 0.751. The van der Waals surface area contributed by atoms with Crippen LogP contribution in [-0.2, 0) is 9.53 Å². The van der Waals surface area contributed by atoms with Crippen LogP contribution in [0.3, 0.4) is 0 Å². The van der Waals surface area contributed by atoms with Gasteiger partial charge in [-0.15, -0.1) is 0 Å². The molecule has 4 nitrogen and oxygen atoms in total. The SMILES string of the molecule is [C-]#[N+]/C(C(=O)OCCC(C)C)=C(\C)O. The maximum absolute atomic E-state index is 11.1. The van der Waals surface area contributed by atoms with E-state index in [4.69, 9.17) is 16.4 Å². The van der Waals surface area contributed by atoms with Crippen LogP contribution < -0.4 is 0 Å². The lowest BCUT2D eigenvalue weighted by atomic mass is 10.1. The van der Waals surface area contributed by atoms with Crippen LogP contribution in [0.5, 0.6) is 0 Å². The summed E-state index contributed by atoms with van der Waals surface area (Å²) in [6, 6.07) is 0. The Labute approximate surface area is 84.0 Å². The van der Waals surface area contributed by atoms with Crippen LogP contribution in [0.1, 0.15) is 27.2 Å². The molecule has 0 rings (SSSR count). The molecule has 0 heterocycles. The fourth-order valence-electron chi connectivity index (χ4n) is 0.730. The second kappa shape index (κ2) is 6.03. The normalized spacial score (nSPS) is 11.9. The lowest BCUT2D eigenvalue weighted by Gasteiger charge is -2.06. The van der Waals surface area contributed by atoms with Crippen molar-refractivity contribution in [2.24, 2.45) is 5.92 Å².